The normalized spacial score (nSPS) is 12.3. The second kappa shape index (κ2) is 13.2. The molecule has 0 aliphatic heterocycles. The van der Waals surface area contributed by atoms with Crippen molar-refractivity contribution < 1.29 is 24.3 Å². The highest BCUT2D eigenvalue weighted by molar-refractivity contribution is 6.41. The van der Waals surface area contributed by atoms with Crippen LogP contribution in [0.3, 0.4) is 0 Å². The number of carboxylic acids is 1. The van der Waals surface area contributed by atoms with Gasteiger partial charge in [-0.25, -0.2) is 14.2 Å². The molecule has 5 N–H and O–H groups in total. The second-order valence-corrected chi connectivity index (χ2v) is 10.2. The van der Waals surface area contributed by atoms with E-state index in [0.29, 0.717) is 17.3 Å². The van der Waals surface area contributed by atoms with Crippen LogP contribution in [0, 0.1) is 28.5 Å². The van der Waals surface area contributed by atoms with Gasteiger partial charge in [-0.05, 0) is 23.8 Å². The van der Waals surface area contributed by atoms with Gasteiger partial charge in [0.05, 0.1) is 35.5 Å². The summed E-state index contributed by atoms with van der Waals surface area (Å²) in [7, 11) is 6.44. The van der Waals surface area contributed by atoms with Gasteiger partial charge >= 0.3 is 5.97 Å². The number of ether oxygens (including phenoxy) is 1. The molecule has 0 fully saturated rings. The SMILES string of the molecule is COc1nc(N(C)C)ncc1[NH2+]/C(=C(\C(=N)C(=O)O)C(Nc1cc(Cl)cn(C)c1=O)c1ccc(C#N)c(F)c1)C(C)C. The zero-order valence-corrected chi connectivity index (χ0v) is 24.6. The fourth-order valence-corrected chi connectivity index (χ4v) is 4.45. The van der Waals surface area contributed by atoms with Crippen LogP contribution in [0.5, 0.6) is 5.88 Å². The third-order valence-electron chi connectivity index (χ3n) is 6.27. The summed E-state index contributed by atoms with van der Waals surface area (Å²) in [6, 6.07) is 5.60. The Hall–Kier alpha value is -4.80. The van der Waals surface area contributed by atoms with Crippen LogP contribution in [-0.4, -0.2) is 52.5 Å². The standard InChI is InChI=1S/C28H30ClFN8O4/c1-14(2)23(35-20-12-33-28(37(3)4)36-25(20)42-6)21(22(32)27(40)41)24(15-7-8-16(11-31)18(30)9-15)34-19-10-17(29)13-38(5)26(19)39/h7-10,12-14,24,32,34-35H,1-6H3,(H,40,41)/p+1/b23-21+,32-22?. The first-order chi connectivity index (χ1) is 19.8. The average Bonchev–Trinajstić information content (AvgIpc) is 2.93. The number of hydrogen-bond acceptors (Lipinski definition) is 9. The highest BCUT2D eigenvalue weighted by Gasteiger charge is 2.33. The number of nitrogens with zero attached hydrogens (tertiary/aromatic N) is 5. The van der Waals surface area contributed by atoms with Crippen molar-refractivity contribution in [2.75, 3.05) is 31.4 Å². The topological polar surface area (TPSA) is 174 Å². The molecule has 1 atom stereocenters. The number of aryl methyl sites for hydroxylation is 1. The number of anilines is 2. The molecule has 3 rings (SSSR count). The quantitative estimate of drug-likeness (QED) is 0.242. The summed E-state index contributed by atoms with van der Waals surface area (Å²) in [6.07, 6.45) is 2.90. The van der Waals surface area contributed by atoms with Crippen LogP contribution >= 0.6 is 11.6 Å². The minimum absolute atomic E-state index is 0.0187. The summed E-state index contributed by atoms with van der Waals surface area (Å²) < 4.78 is 21.6. The lowest BCUT2D eigenvalue weighted by atomic mass is 9.89. The number of quaternary nitrogens is 1. The first-order valence-corrected chi connectivity index (χ1v) is 13.0. The molecule has 2 heterocycles. The van der Waals surface area contributed by atoms with E-state index >= 15 is 0 Å². The van der Waals surface area contributed by atoms with E-state index in [-0.39, 0.29) is 33.3 Å². The predicted molar refractivity (Wildman–Crippen MR) is 156 cm³/mol. The first-order valence-electron chi connectivity index (χ1n) is 12.6. The molecule has 0 aliphatic carbocycles. The zero-order valence-electron chi connectivity index (χ0n) is 23.9. The molecule has 0 amide bonds. The molecule has 12 nitrogen and oxygen atoms in total. The van der Waals surface area contributed by atoms with E-state index < -0.39 is 35.0 Å². The lowest BCUT2D eigenvalue weighted by Crippen LogP contribution is -2.78. The number of aromatic nitrogens is 3. The molecule has 0 aliphatic rings. The van der Waals surface area contributed by atoms with Gasteiger partial charge in [-0.2, -0.15) is 10.2 Å². The lowest BCUT2D eigenvalue weighted by molar-refractivity contribution is -0.526. The number of rotatable bonds is 11. The molecule has 1 unspecified atom stereocenters. The number of nitriles is 1. The highest BCUT2D eigenvalue weighted by atomic mass is 35.5. The number of carboxylic acid groups (broad SMARTS) is 1. The molecule has 0 radical (unpaired) electrons. The number of methoxy groups -OCH3 is 1. The number of benzene rings is 1. The summed E-state index contributed by atoms with van der Waals surface area (Å²) >= 11 is 6.22. The lowest BCUT2D eigenvalue weighted by Gasteiger charge is -2.26. The minimum atomic E-state index is -1.55. The Bertz CT molecular complexity index is 1660. The van der Waals surface area contributed by atoms with Gasteiger partial charge in [0.1, 0.15) is 23.3 Å². The maximum atomic E-state index is 14.9. The van der Waals surface area contributed by atoms with Crippen molar-refractivity contribution in [3.8, 4) is 11.9 Å². The number of nitrogens with one attached hydrogen (secondary N) is 2. The van der Waals surface area contributed by atoms with Crippen LogP contribution in [0.15, 0.2) is 52.7 Å². The molecule has 1 aromatic carbocycles. The van der Waals surface area contributed by atoms with E-state index in [1.165, 1.54) is 49.3 Å². The summed E-state index contributed by atoms with van der Waals surface area (Å²) in [4.78, 5) is 35.8. The molecular formula is C28H31ClFN8O4+. The third kappa shape index (κ3) is 6.91. The Morgan fingerprint density at radius 2 is 2.02 bits per heavy atom. The third-order valence-corrected chi connectivity index (χ3v) is 6.48. The average molecular weight is 598 g/mol. The van der Waals surface area contributed by atoms with Crippen molar-refractivity contribution in [1.29, 1.82) is 10.7 Å². The van der Waals surface area contributed by atoms with Crippen LogP contribution in [0.25, 0.3) is 0 Å². The molecule has 14 heteroatoms. The molecule has 220 valence electrons. The van der Waals surface area contributed by atoms with Gasteiger partial charge < -0.3 is 24.6 Å². The Balaban J connectivity index is 2.38. The number of nitrogens with two attached hydrogens (primary N) is 1. The van der Waals surface area contributed by atoms with Crippen molar-refractivity contribution >= 4 is 40.6 Å². The van der Waals surface area contributed by atoms with E-state index in [0.717, 1.165) is 6.07 Å². The summed E-state index contributed by atoms with van der Waals surface area (Å²) in [6.45, 7) is 3.58. The number of halogens is 2. The maximum absolute atomic E-state index is 14.9. The van der Waals surface area contributed by atoms with E-state index in [9.17, 15) is 24.3 Å². The number of aliphatic carboxylic acids is 1. The van der Waals surface area contributed by atoms with E-state index in [1.54, 1.807) is 44.2 Å². The number of pyridine rings is 1. The fourth-order valence-electron chi connectivity index (χ4n) is 4.19. The van der Waals surface area contributed by atoms with Crippen molar-refractivity contribution in [3.05, 3.63) is 80.2 Å². The molecular weight excluding hydrogens is 567 g/mol. The molecule has 3 aromatic rings. The fraction of sp³-hybridized carbons (Fsp3) is 0.286. The molecule has 0 spiro atoms. The van der Waals surface area contributed by atoms with E-state index in [4.69, 9.17) is 21.7 Å². The molecule has 0 saturated heterocycles. The summed E-state index contributed by atoms with van der Waals surface area (Å²) in [5, 5.41) is 32.8. The second-order valence-electron chi connectivity index (χ2n) is 9.79. The Morgan fingerprint density at radius 1 is 1.33 bits per heavy atom. The number of carbonyl (C=O) groups is 1. The number of hydrogen-bond donors (Lipinski definition) is 4. The predicted octanol–water partition coefficient (Wildman–Crippen LogP) is 2.98. The van der Waals surface area contributed by atoms with Crippen molar-refractivity contribution in [3.63, 3.8) is 0 Å². The molecule has 0 saturated carbocycles. The van der Waals surface area contributed by atoms with Gasteiger partial charge in [0.15, 0.2) is 5.71 Å². The van der Waals surface area contributed by atoms with Gasteiger partial charge in [-0.15, -0.1) is 0 Å². The molecule has 2 aromatic heterocycles. The first kappa shape index (κ1) is 31.7. The Morgan fingerprint density at radius 3 is 2.57 bits per heavy atom. The van der Waals surface area contributed by atoms with Crippen LogP contribution < -0.4 is 25.8 Å². The van der Waals surface area contributed by atoms with E-state index in [2.05, 4.69) is 15.3 Å². The summed E-state index contributed by atoms with van der Waals surface area (Å²) in [5.74, 6) is -2.23. The van der Waals surface area contributed by atoms with Gasteiger partial charge in [0.25, 0.3) is 11.4 Å². The van der Waals surface area contributed by atoms with Crippen LogP contribution in [0.1, 0.15) is 31.0 Å². The van der Waals surface area contributed by atoms with Crippen molar-refractivity contribution in [2.24, 2.45) is 13.0 Å². The summed E-state index contributed by atoms with van der Waals surface area (Å²) in [5.41, 5.74) is -0.711. The number of allylic oxidation sites excluding steroid dienone is 1. The monoisotopic (exact) mass is 597 g/mol. The van der Waals surface area contributed by atoms with Gasteiger partial charge in [-0.3, -0.25) is 15.5 Å². The van der Waals surface area contributed by atoms with Crippen molar-refractivity contribution in [1.82, 2.24) is 14.5 Å². The Labute approximate surface area is 246 Å². The van der Waals surface area contributed by atoms with Crippen LogP contribution in [0.2, 0.25) is 5.02 Å². The van der Waals surface area contributed by atoms with Crippen LogP contribution in [-0.2, 0) is 11.8 Å². The minimum Gasteiger partial charge on any atom is -0.477 e. The van der Waals surface area contributed by atoms with Gasteiger partial charge in [0, 0.05) is 33.3 Å². The molecule has 42 heavy (non-hydrogen) atoms. The van der Waals surface area contributed by atoms with Gasteiger partial charge in [-0.1, -0.05) is 31.5 Å². The smallest absolute Gasteiger partial charge is 0.354 e. The van der Waals surface area contributed by atoms with Crippen LogP contribution in [0.4, 0.5) is 21.7 Å². The van der Waals surface area contributed by atoms with E-state index in [1.807, 2.05) is 0 Å². The highest BCUT2D eigenvalue weighted by Crippen LogP contribution is 2.32. The molecule has 0 bridgehead atoms. The zero-order chi connectivity index (χ0) is 31.3. The van der Waals surface area contributed by atoms with Gasteiger partial charge in [0.2, 0.25) is 11.6 Å². The largest absolute Gasteiger partial charge is 0.477 e. The Kier molecular flexibility index (Phi) is 10.0. The van der Waals surface area contributed by atoms with Crippen molar-refractivity contribution in [2.45, 2.75) is 19.9 Å². The maximum Gasteiger partial charge on any atom is 0.354 e.